The fraction of sp³-hybridized carbons (Fsp3) is 0.370. The summed E-state index contributed by atoms with van der Waals surface area (Å²) in [5, 5.41) is 36.4. The Kier molecular flexibility index (Phi) is 20.6. The largest absolute Gasteiger partial charge is 0.480 e. The minimum Gasteiger partial charge on any atom is -0.480 e. The first-order valence-electron chi connectivity index (χ1n) is 24.8. The molecule has 392 valence electrons. The molecule has 0 unspecified atom stereocenters. The van der Waals surface area contributed by atoms with Crippen LogP contribution < -0.4 is 36.8 Å². The molecule has 1 saturated carbocycles. The van der Waals surface area contributed by atoms with Crippen LogP contribution in [0.25, 0.3) is 10.8 Å². The number of fused-ring (bicyclic) bond motifs is 1. The molecule has 3 atom stereocenters. The molecule has 1 aliphatic carbocycles. The third-order valence-electron chi connectivity index (χ3n) is 12.8. The number of carboxylic acids is 1. The highest BCUT2D eigenvalue weighted by Crippen LogP contribution is 2.30. The number of carboxylic acid groups (broad SMARTS) is 1. The number of nitrogens with one attached hydrogen (secondary N) is 6. The Labute approximate surface area is 431 Å². The van der Waals surface area contributed by atoms with Gasteiger partial charge in [0.05, 0.1) is 11.4 Å². The van der Waals surface area contributed by atoms with Crippen LogP contribution in [0, 0.1) is 5.92 Å². The number of carbonyl (C=O) groups is 6. The second kappa shape index (κ2) is 27.4. The van der Waals surface area contributed by atoms with Crippen LogP contribution in [0.5, 0.6) is 0 Å². The first-order valence-corrected chi connectivity index (χ1v) is 26.3. The molecule has 0 bridgehead atoms. The van der Waals surface area contributed by atoms with E-state index in [-0.39, 0.29) is 55.6 Å². The van der Waals surface area contributed by atoms with Crippen molar-refractivity contribution in [2.45, 2.75) is 93.7 Å². The second-order valence-corrected chi connectivity index (χ2v) is 19.8. The van der Waals surface area contributed by atoms with E-state index >= 15 is 0 Å². The Balaban J connectivity index is 1.05. The summed E-state index contributed by atoms with van der Waals surface area (Å²) in [4.78, 5) is 82.0. The lowest BCUT2D eigenvalue weighted by Gasteiger charge is -2.28. The van der Waals surface area contributed by atoms with Crippen LogP contribution >= 0.6 is 0 Å². The quantitative estimate of drug-likeness (QED) is 0.0154. The van der Waals surface area contributed by atoms with Gasteiger partial charge in [-0.25, -0.2) is 4.79 Å². The van der Waals surface area contributed by atoms with Gasteiger partial charge in [0.25, 0.3) is 21.9 Å². The number of unbranched alkanes of at least 4 members (excludes halogenated alkanes) is 1. The molecule has 5 aromatic carbocycles. The smallest absolute Gasteiger partial charge is 0.326 e. The fourth-order valence-corrected chi connectivity index (χ4v) is 9.41. The number of aliphatic carboxylic acids is 1. The summed E-state index contributed by atoms with van der Waals surface area (Å²) in [6, 6.07) is 28.2. The van der Waals surface area contributed by atoms with Gasteiger partial charge in [-0.1, -0.05) is 74.6 Å². The molecule has 0 radical (unpaired) electrons. The highest BCUT2D eigenvalue weighted by Gasteiger charge is 2.32. The first kappa shape index (κ1) is 55.6. The van der Waals surface area contributed by atoms with Gasteiger partial charge in [-0.05, 0) is 111 Å². The Morgan fingerprint density at radius 1 is 0.622 bits per heavy atom. The van der Waals surface area contributed by atoms with Crippen LogP contribution in [-0.4, -0.2) is 105 Å². The highest BCUT2D eigenvalue weighted by molar-refractivity contribution is 7.86. The standard InChI is InChI=1S/C54H65N9O10S/c1-63(2)41-28-26-40(27-29-41)62-61-39-24-22-38(23-25-39)50(65)57-32-10-9-19-46(54(69)70)59-52(67)45(58-53(68)47(35-36-13-5-3-6-14-36)60-51(66)37-15-7-4-8-16-37)30-31-49(64)56-34-33-55-44-20-11-18-43-42(44)17-12-21-48(43)74(71,72)73/h4,7-8,11-12,15-18,20-29,36,45-47,55H,3,5-6,9-10,13-14,19,30-35H2,1-2H3,(H,56,64)(H,57,65)(H,58,68)(H,59,67)(H,60,66)(H,69,70)(H,71,72,73)/b62-61+/t45-,46-,47-/m0/s1. The van der Waals surface area contributed by atoms with E-state index in [1.165, 1.54) is 12.1 Å². The average molecular weight is 1030 g/mol. The number of hydrogen-bond acceptors (Lipinski definition) is 12. The van der Waals surface area contributed by atoms with Crippen molar-refractivity contribution >= 4 is 79.1 Å². The lowest BCUT2D eigenvalue weighted by Crippen LogP contribution is -2.56. The predicted molar refractivity (Wildman–Crippen MR) is 282 cm³/mol. The monoisotopic (exact) mass is 1030 g/mol. The van der Waals surface area contributed by atoms with Gasteiger partial charge in [0.15, 0.2) is 0 Å². The van der Waals surface area contributed by atoms with E-state index < -0.39 is 57.8 Å². The number of amides is 5. The molecule has 8 N–H and O–H groups in total. The average Bonchev–Trinajstić information content (AvgIpc) is 3.39. The van der Waals surface area contributed by atoms with Gasteiger partial charge in [0.1, 0.15) is 23.0 Å². The number of benzene rings is 5. The third kappa shape index (κ3) is 16.9. The summed E-state index contributed by atoms with van der Waals surface area (Å²) in [6.45, 7) is 0.546. The van der Waals surface area contributed by atoms with Crippen molar-refractivity contribution in [1.29, 1.82) is 0 Å². The third-order valence-corrected chi connectivity index (χ3v) is 13.7. The van der Waals surface area contributed by atoms with E-state index in [2.05, 4.69) is 42.1 Å². The van der Waals surface area contributed by atoms with Gasteiger partial charge < -0.3 is 41.9 Å². The van der Waals surface area contributed by atoms with Gasteiger partial charge in [-0.2, -0.15) is 18.6 Å². The van der Waals surface area contributed by atoms with Crippen LogP contribution in [0.15, 0.2) is 130 Å². The summed E-state index contributed by atoms with van der Waals surface area (Å²) in [6.07, 6.45) is 5.32. The fourth-order valence-electron chi connectivity index (χ4n) is 8.70. The zero-order valence-electron chi connectivity index (χ0n) is 41.6. The Bertz CT molecular complexity index is 2860. The second-order valence-electron chi connectivity index (χ2n) is 18.4. The number of nitrogens with zero attached hydrogens (tertiary/aromatic N) is 3. The van der Waals surface area contributed by atoms with Crippen LogP contribution in [0.2, 0.25) is 0 Å². The maximum absolute atomic E-state index is 14.2. The summed E-state index contributed by atoms with van der Waals surface area (Å²) >= 11 is 0. The number of azo groups is 1. The molecule has 0 heterocycles. The van der Waals surface area contributed by atoms with Crippen molar-refractivity contribution in [3.8, 4) is 0 Å². The predicted octanol–water partition coefficient (Wildman–Crippen LogP) is 7.30. The molecule has 0 spiro atoms. The Morgan fingerprint density at radius 3 is 1.91 bits per heavy atom. The molecular formula is C54H65N9O10S. The summed E-state index contributed by atoms with van der Waals surface area (Å²) in [5.41, 5.74) is 3.58. The van der Waals surface area contributed by atoms with Crippen molar-refractivity contribution in [3.05, 3.63) is 126 Å². The van der Waals surface area contributed by atoms with Crippen molar-refractivity contribution < 1.29 is 46.8 Å². The lowest BCUT2D eigenvalue weighted by atomic mass is 9.84. The van der Waals surface area contributed by atoms with Crippen LogP contribution in [0.1, 0.15) is 91.3 Å². The number of carbonyl (C=O) groups excluding carboxylic acids is 5. The molecule has 0 aromatic heterocycles. The minimum absolute atomic E-state index is 0.00602. The number of hydrogen-bond donors (Lipinski definition) is 8. The molecule has 74 heavy (non-hydrogen) atoms. The molecule has 0 saturated heterocycles. The maximum Gasteiger partial charge on any atom is 0.326 e. The first-order chi connectivity index (χ1) is 35.5. The number of rotatable bonds is 26. The summed E-state index contributed by atoms with van der Waals surface area (Å²) < 4.78 is 33.6. The van der Waals surface area contributed by atoms with Gasteiger partial charge in [0.2, 0.25) is 17.7 Å². The van der Waals surface area contributed by atoms with Crippen LogP contribution in [0.3, 0.4) is 0 Å². The molecule has 19 nitrogen and oxygen atoms in total. The van der Waals surface area contributed by atoms with E-state index in [1.807, 2.05) is 43.3 Å². The lowest BCUT2D eigenvalue weighted by molar-refractivity contribution is -0.142. The van der Waals surface area contributed by atoms with Crippen molar-refractivity contribution in [3.63, 3.8) is 0 Å². The van der Waals surface area contributed by atoms with Crippen LogP contribution in [0.4, 0.5) is 22.7 Å². The summed E-state index contributed by atoms with van der Waals surface area (Å²) in [5.74, 6) is -3.93. The van der Waals surface area contributed by atoms with Gasteiger partial charge in [-0.3, -0.25) is 28.5 Å². The van der Waals surface area contributed by atoms with Crippen molar-refractivity contribution in [1.82, 2.24) is 26.6 Å². The zero-order chi connectivity index (χ0) is 53.0. The van der Waals surface area contributed by atoms with Gasteiger partial charge in [0, 0.05) is 73.4 Å². The molecule has 1 aliphatic rings. The molecule has 1 fully saturated rings. The van der Waals surface area contributed by atoms with Gasteiger partial charge >= 0.3 is 5.97 Å². The molecule has 5 amide bonds. The SMILES string of the molecule is CN(C)c1ccc(/N=N/c2ccc(C(=O)NCCCC[C@H](NC(=O)[C@H](CCC(=O)NCCNc3cccc4c(S(=O)(=O)O)cccc34)NC(=O)[C@H](CC3CCCCC3)NC(=O)c3ccccc3)C(=O)O)cc2)cc1. The molecule has 6 rings (SSSR count). The van der Waals surface area contributed by atoms with Crippen LogP contribution in [-0.2, 0) is 29.3 Å². The number of anilines is 2. The van der Waals surface area contributed by atoms with Crippen molar-refractivity contribution in [2.75, 3.05) is 43.9 Å². The Hall–Kier alpha value is -7.71. The topological polar surface area (TPSA) is 277 Å². The van der Waals surface area contributed by atoms with E-state index in [1.54, 1.807) is 78.9 Å². The van der Waals surface area contributed by atoms with E-state index in [0.717, 1.165) is 37.8 Å². The minimum atomic E-state index is -4.48. The van der Waals surface area contributed by atoms with Crippen molar-refractivity contribution in [2.24, 2.45) is 16.1 Å². The molecular weight excluding hydrogens is 967 g/mol. The molecule has 20 heteroatoms. The molecule has 5 aromatic rings. The van der Waals surface area contributed by atoms with Gasteiger partial charge in [-0.15, -0.1) is 0 Å². The van der Waals surface area contributed by atoms with E-state index in [9.17, 15) is 46.8 Å². The van der Waals surface area contributed by atoms with E-state index in [4.69, 9.17) is 0 Å². The maximum atomic E-state index is 14.2. The highest BCUT2D eigenvalue weighted by atomic mass is 32.2. The zero-order valence-corrected chi connectivity index (χ0v) is 42.4. The normalized spacial score (nSPS) is 14.0. The Morgan fingerprint density at radius 2 is 1.24 bits per heavy atom. The summed E-state index contributed by atoms with van der Waals surface area (Å²) in [7, 11) is -0.586. The van der Waals surface area contributed by atoms with E-state index in [0.29, 0.717) is 58.2 Å². The molecule has 0 aliphatic heterocycles.